The van der Waals surface area contributed by atoms with Crippen molar-refractivity contribution < 1.29 is 28.7 Å². The van der Waals surface area contributed by atoms with Gasteiger partial charge in [-0.3, -0.25) is 4.79 Å². The zero-order chi connectivity index (χ0) is 22.6. The van der Waals surface area contributed by atoms with Crippen LogP contribution in [0.2, 0.25) is 4.34 Å². The Hall–Kier alpha value is -3.28. The zero-order valence-electron chi connectivity index (χ0n) is 16.2. The van der Waals surface area contributed by atoms with Crippen molar-refractivity contribution in [2.24, 2.45) is 0 Å². The molecular weight excluding hydrogens is 463 g/mol. The maximum absolute atomic E-state index is 14.6. The first-order valence-corrected chi connectivity index (χ1v) is 10.6. The van der Waals surface area contributed by atoms with Crippen molar-refractivity contribution in [2.75, 3.05) is 13.1 Å². The molecule has 164 valence electrons. The van der Waals surface area contributed by atoms with Crippen molar-refractivity contribution in [3.05, 3.63) is 57.6 Å². The molecule has 0 atom stereocenters. The number of fused-ring (bicyclic) bond motifs is 1. The number of thiophene rings is 1. The number of amides is 1. The molecule has 1 saturated heterocycles. The number of carboxylic acids is 1. The van der Waals surface area contributed by atoms with Crippen LogP contribution in [0.3, 0.4) is 0 Å². The van der Waals surface area contributed by atoms with Crippen LogP contribution < -0.4 is 0 Å². The second-order valence-electron chi connectivity index (χ2n) is 7.27. The summed E-state index contributed by atoms with van der Waals surface area (Å²) in [5, 5.41) is 23.1. The first-order chi connectivity index (χ1) is 15.3. The minimum atomic E-state index is -1.34. The first kappa shape index (κ1) is 20.6. The molecule has 32 heavy (non-hydrogen) atoms. The van der Waals surface area contributed by atoms with Gasteiger partial charge in [0, 0.05) is 19.2 Å². The summed E-state index contributed by atoms with van der Waals surface area (Å²) in [5.74, 6) is -2.71. The molecular formula is C20H14ClFN4O5S. The van der Waals surface area contributed by atoms with E-state index in [0.29, 0.717) is 15.8 Å². The van der Waals surface area contributed by atoms with Crippen molar-refractivity contribution in [2.45, 2.75) is 12.6 Å². The van der Waals surface area contributed by atoms with Gasteiger partial charge in [0.05, 0.1) is 27.4 Å². The highest BCUT2D eigenvalue weighted by molar-refractivity contribution is 7.19. The number of carbonyl (C=O) groups excluding carboxylic acids is 1. The summed E-state index contributed by atoms with van der Waals surface area (Å²) >= 11 is 7.26. The monoisotopic (exact) mass is 476 g/mol. The fraction of sp³-hybridized carbons (Fsp3) is 0.200. The van der Waals surface area contributed by atoms with Gasteiger partial charge in [-0.15, -0.1) is 11.3 Å². The molecule has 1 aliphatic heterocycles. The van der Waals surface area contributed by atoms with Gasteiger partial charge in [0.2, 0.25) is 5.82 Å². The van der Waals surface area contributed by atoms with E-state index in [2.05, 4.69) is 10.1 Å². The number of carboxylic acid groups (broad SMARTS) is 1. The molecule has 9 nitrogen and oxygen atoms in total. The maximum atomic E-state index is 14.6. The smallest absolute Gasteiger partial charge is 0.372 e. The predicted octanol–water partition coefficient (Wildman–Crippen LogP) is 3.11. The molecule has 5 rings (SSSR count). The number of benzene rings is 1. The van der Waals surface area contributed by atoms with Crippen LogP contribution >= 0.6 is 22.9 Å². The van der Waals surface area contributed by atoms with Crippen LogP contribution in [-0.2, 0) is 6.54 Å². The average Bonchev–Trinajstić information content (AvgIpc) is 3.44. The summed E-state index contributed by atoms with van der Waals surface area (Å²) in [5.41, 5.74) is 0.276. The van der Waals surface area contributed by atoms with Crippen LogP contribution in [0, 0.1) is 5.82 Å². The molecule has 0 unspecified atom stereocenters. The Labute approximate surface area is 188 Å². The normalized spacial score (nSPS) is 14.2. The molecule has 1 amide bonds. The zero-order valence-corrected chi connectivity index (χ0v) is 17.7. The lowest BCUT2D eigenvalue weighted by atomic mass is 10.1. The van der Waals surface area contributed by atoms with E-state index in [1.807, 2.05) is 0 Å². The molecule has 4 aromatic rings. The highest BCUT2D eigenvalue weighted by Crippen LogP contribution is 2.32. The quantitative estimate of drug-likeness (QED) is 0.454. The number of halogens is 2. The third-order valence-corrected chi connectivity index (χ3v) is 6.37. The van der Waals surface area contributed by atoms with Gasteiger partial charge in [-0.05, 0) is 24.3 Å². The third-order valence-electron chi connectivity index (χ3n) is 5.12. The standard InChI is InChI=1S/C20H14ClFN4O5S/c21-15-4-3-14(32-15)13-5-9(24-31-13)6-26-12-2-1-11(22)16(17(12)23-18(26)20(29)30)19(28)25-7-10(27)8-25/h1-5,10,27H,6-8H2,(H,29,30). The van der Waals surface area contributed by atoms with Gasteiger partial charge in [-0.1, -0.05) is 16.8 Å². The molecule has 0 saturated carbocycles. The van der Waals surface area contributed by atoms with Crippen LogP contribution in [0.15, 0.2) is 34.9 Å². The topological polar surface area (TPSA) is 122 Å². The second kappa shape index (κ2) is 7.69. The summed E-state index contributed by atoms with van der Waals surface area (Å²) in [6, 6.07) is 7.61. The molecule has 1 aliphatic rings. The van der Waals surface area contributed by atoms with Crippen LogP contribution in [0.25, 0.3) is 21.7 Å². The van der Waals surface area contributed by atoms with Crippen molar-refractivity contribution in [3.63, 3.8) is 0 Å². The molecule has 1 fully saturated rings. The number of β-amino-alcohol motifs (C(OH)–C–C–N with tert-alkyl or cyclic N) is 1. The Morgan fingerprint density at radius 1 is 1.28 bits per heavy atom. The van der Waals surface area contributed by atoms with Crippen LogP contribution in [0.4, 0.5) is 4.39 Å². The number of imidazole rings is 1. The third kappa shape index (κ3) is 3.44. The molecule has 4 heterocycles. The summed E-state index contributed by atoms with van der Waals surface area (Å²) in [7, 11) is 0. The van der Waals surface area contributed by atoms with Crippen molar-refractivity contribution >= 4 is 45.8 Å². The molecule has 0 radical (unpaired) electrons. The maximum Gasteiger partial charge on any atom is 0.372 e. The molecule has 1 aromatic carbocycles. The Bertz CT molecular complexity index is 1370. The summed E-state index contributed by atoms with van der Waals surface area (Å²) in [6.45, 7) is 0.133. The largest absolute Gasteiger partial charge is 0.475 e. The van der Waals surface area contributed by atoms with E-state index < -0.39 is 23.8 Å². The number of nitrogens with zero attached hydrogens (tertiary/aromatic N) is 4. The second-order valence-corrected chi connectivity index (χ2v) is 8.98. The summed E-state index contributed by atoms with van der Waals surface area (Å²) in [6.07, 6.45) is -0.659. The molecule has 12 heteroatoms. The fourth-order valence-corrected chi connectivity index (χ4v) is 4.58. The minimum absolute atomic E-state index is 0.0254. The lowest BCUT2D eigenvalue weighted by molar-refractivity contribution is 0.00571. The van der Waals surface area contributed by atoms with Gasteiger partial charge in [0.15, 0.2) is 5.76 Å². The van der Waals surface area contributed by atoms with E-state index in [-0.39, 0.29) is 42.1 Å². The molecule has 0 bridgehead atoms. The van der Waals surface area contributed by atoms with Gasteiger partial charge in [-0.25, -0.2) is 14.2 Å². The summed E-state index contributed by atoms with van der Waals surface area (Å²) < 4.78 is 21.9. The Balaban J connectivity index is 1.56. The van der Waals surface area contributed by atoms with E-state index in [9.17, 15) is 24.2 Å². The predicted molar refractivity (Wildman–Crippen MR) is 112 cm³/mol. The van der Waals surface area contributed by atoms with Crippen LogP contribution in [-0.4, -0.2) is 60.9 Å². The van der Waals surface area contributed by atoms with Crippen LogP contribution in [0.5, 0.6) is 0 Å². The first-order valence-electron chi connectivity index (χ1n) is 9.42. The molecule has 0 aliphatic carbocycles. The fourth-order valence-electron chi connectivity index (χ4n) is 3.58. The highest BCUT2D eigenvalue weighted by atomic mass is 35.5. The Kier molecular flexibility index (Phi) is 4.96. The summed E-state index contributed by atoms with van der Waals surface area (Å²) in [4.78, 5) is 30.7. The molecule has 2 N–H and O–H groups in total. The van der Waals surface area contributed by atoms with Gasteiger partial charge in [0.25, 0.3) is 5.91 Å². The number of aromatic carboxylic acids is 1. The lowest BCUT2D eigenvalue weighted by Crippen LogP contribution is -2.53. The van der Waals surface area contributed by atoms with Crippen LogP contribution in [0.1, 0.15) is 26.7 Å². The Morgan fingerprint density at radius 2 is 2.06 bits per heavy atom. The lowest BCUT2D eigenvalue weighted by Gasteiger charge is -2.35. The number of aromatic nitrogens is 3. The minimum Gasteiger partial charge on any atom is -0.475 e. The van der Waals surface area contributed by atoms with Gasteiger partial charge < -0.3 is 24.2 Å². The van der Waals surface area contributed by atoms with Crippen molar-refractivity contribution in [3.8, 4) is 10.6 Å². The van der Waals surface area contributed by atoms with E-state index in [1.165, 1.54) is 26.9 Å². The van der Waals surface area contributed by atoms with Gasteiger partial charge >= 0.3 is 5.97 Å². The SMILES string of the molecule is O=C(O)c1nc2c(C(=O)N3CC(O)C3)c(F)ccc2n1Cc1cc(-c2ccc(Cl)s2)on1. The molecule has 3 aromatic heterocycles. The van der Waals surface area contributed by atoms with Crippen molar-refractivity contribution in [1.82, 2.24) is 19.6 Å². The number of aliphatic hydroxyl groups is 1. The van der Waals surface area contributed by atoms with Gasteiger partial charge in [0.1, 0.15) is 22.6 Å². The highest BCUT2D eigenvalue weighted by Gasteiger charge is 2.33. The van der Waals surface area contributed by atoms with Crippen molar-refractivity contribution in [1.29, 1.82) is 0 Å². The number of carbonyl (C=O) groups is 2. The number of likely N-dealkylation sites (tertiary alicyclic amines) is 1. The van der Waals surface area contributed by atoms with E-state index in [4.69, 9.17) is 16.1 Å². The van der Waals surface area contributed by atoms with Gasteiger partial charge in [-0.2, -0.15) is 0 Å². The number of rotatable bonds is 5. The average molecular weight is 477 g/mol. The molecule has 0 spiro atoms. The number of hydrogen-bond donors (Lipinski definition) is 2. The van der Waals surface area contributed by atoms with E-state index in [1.54, 1.807) is 18.2 Å². The Morgan fingerprint density at radius 3 is 2.72 bits per heavy atom. The van der Waals surface area contributed by atoms with E-state index in [0.717, 1.165) is 10.9 Å². The number of hydrogen-bond acceptors (Lipinski definition) is 7. The number of aliphatic hydroxyl groups excluding tert-OH is 1. The van der Waals surface area contributed by atoms with E-state index >= 15 is 0 Å².